The molecule has 0 aromatic carbocycles. The van der Waals surface area contributed by atoms with E-state index in [4.69, 9.17) is 0 Å². The Balaban J connectivity index is 2.96. The molecule has 0 radical (unpaired) electrons. The average Bonchev–Trinajstić information content (AvgIpc) is 1.95. The predicted molar refractivity (Wildman–Crippen MR) is 44.5 cm³/mol. The first-order valence-electron chi connectivity index (χ1n) is 3.84. The van der Waals surface area contributed by atoms with Crippen LogP contribution < -0.4 is 5.32 Å². The van der Waals surface area contributed by atoms with E-state index >= 15 is 0 Å². The number of halogens is 2. The lowest BCUT2D eigenvalue weighted by Gasteiger charge is -2.04. The number of hydrogen-bond acceptors (Lipinski definition) is 2. The predicted octanol–water partition coefficient (Wildman–Crippen LogP) is 1.43. The minimum Gasteiger partial charge on any atom is -0.374 e. The molecule has 0 amide bonds. The summed E-state index contributed by atoms with van der Waals surface area (Å²) in [5.74, 6) is 0. The molecule has 72 valence electrons. The molecule has 0 spiro atoms. The number of hydrogen-bond donors (Lipinski definition) is 1. The Morgan fingerprint density at radius 1 is 1.58 bits per heavy atom. The summed E-state index contributed by atoms with van der Waals surface area (Å²) in [5.41, 5.74) is 1.02. The summed E-state index contributed by atoms with van der Waals surface area (Å²) in [6.45, 7) is 6.70. The first-order chi connectivity index (χ1) is 5.63. The van der Waals surface area contributed by atoms with Crippen molar-refractivity contribution in [1.82, 2.24) is 5.32 Å². The van der Waals surface area contributed by atoms with Crippen LogP contribution in [0.4, 0.5) is 8.78 Å². The van der Waals surface area contributed by atoms with Gasteiger partial charge >= 0.3 is 0 Å². The van der Waals surface area contributed by atoms with E-state index < -0.39 is 13.0 Å². The molecular weight excluding hydrogens is 164 g/mol. The lowest BCUT2D eigenvalue weighted by molar-refractivity contribution is 0.0189. The van der Waals surface area contributed by atoms with Crippen molar-refractivity contribution in [3.05, 3.63) is 12.2 Å². The van der Waals surface area contributed by atoms with Crippen LogP contribution in [0.25, 0.3) is 0 Å². The summed E-state index contributed by atoms with van der Waals surface area (Å²) in [5, 5.41) is 2.99. The molecule has 0 aliphatic carbocycles. The third kappa shape index (κ3) is 9.52. The van der Waals surface area contributed by atoms with Crippen molar-refractivity contribution in [3.8, 4) is 0 Å². The number of nitrogens with one attached hydrogen (secondary N) is 1. The fraction of sp³-hybridized carbons (Fsp3) is 0.750. The highest BCUT2D eigenvalue weighted by Crippen LogP contribution is 1.91. The van der Waals surface area contributed by atoms with Crippen LogP contribution in [0, 0.1) is 0 Å². The number of ether oxygens (including phenoxy) is 1. The van der Waals surface area contributed by atoms with E-state index in [9.17, 15) is 8.78 Å². The van der Waals surface area contributed by atoms with Gasteiger partial charge in [0.1, 0.15) is 6.61 Å². The molecule has 2 nitrogen and oxygen atoms in total. The van der Waals surface area contributed by atoms with Gasteiger partial charge in [-0.25, -0.2) is 8.78 Å². The number of rotatable bonds is 7. The van der Waals surface area contributed by atoms with Crippen LogP contribution >= 0.6 is 0 Å². The Morgan fingerprint density at radius 3 is 2.75 bits per heavy atom. The van der Waals surface area contributed by atoms with E-state index in [1.165, 1.54) is 0 Å². The molecule has 0 saturated carbocycles. The van der Waals surface area contributed by atoms with Gasteiger partial charge in [-0.3, -0.25) is 0 Å². The van der Waals surface area contributed by atoms with Gasteiger partial charge in [-0.05, 0) is 6.92 Å². The minimum absolute atomic E-state index is 0.317. The van der Waals surface area contributed by atoms with Gasteiger partial charge in [0, 0.05) is 13.1 Å². The molecule has 0 aromatic rings. The van der Waals surface area contributed by atoms with Crippen molar-refractivity contribution in [1.29, 1.82) is 0 Å². The van der Waals surface area contributed by atoms with E-state index in [0.29, 0.717) is 19.7 Å². The van der Waals surface area contributed by atoms with E-state index in [-0.39, 0.29) is 0 Å². The summed E-state index contributed by atoms with van der Waals surface area (Å²) in [4.78, 5) is 0. The lowest BCUT2D eigenvalue weighted by atomic mass is 10.3. The van der Waals surface area contributed by atoms with E-state index in [0.717, 1.165) is 5.57 Å². The van der Waals surface area contributed by atoms with Gasteiger partial charge in [0.05, 0.1) is 6.61 Å². The first-order valence-corrected chi connectivity index (χ1v) is 3.84. The van der Waals surface area contributed by atoms with E-state index in [2.05, 4.69) is 16.6 Å². The van der Waals surface area contributed by atoms with E-state index in [1.807, 2.05) is 6.92 Å². The Morgan fingerprint density at radius 2 is 2.25 bits per heavy atom. The van der Waals surface area contributed by atoms with Crippen molar-refractivity contribution in [2.45, 2.75) is 13.3 Å². The maximum Gasteiger partial charge on any atom is 0.261 e. The summed E-state index contributed by atoms with van der Waals surface area (Å²) >= 11 is 0. The molecule has 0 rings (SSSR count). The fourth-order valence-corrected chi connectivity index (χ4v) is 0.619. The highest BCUT2D eigenvalue weighted by atomic mass is 19.3. The molecule has 0 aliphatic heterocycles. The summed E-state index contributed by atoms with van der Waals surface area (Å²) < 4.78 is 27.7. The molecule has 1 N–H and O–H groups in total. The van der Waals surface area contributed by atoms with Gasteiger partial charge in [-0.1, -0.05) is 12.2 Å². The van der Waals surface area contributed by atoms with Gasteiger partial charge in [0.2, 0.25) is 0 Å². The monoisotopic (exact) mass is 179 g/mol. The van der Waals surface area contributed by atoms with Crippen LogP contribution in [0.2, 0.25) is 0 Å². The second-order valence-electron chi connectivity index (χ2n) is 2.60. The molecule has 0 fully saturated rings. The Bertz CT molecular complexity index is 128. The zero-order valence-corrected chi connectivity index (χ0v) is 7.28. The molecule has 4 heteroatoms. The third-order valence-corrected chi connectivity index (χ3v) is 1.09. The summed E-state index contributed by atoms with van der Waals surface area (Å²) in [7, 11) is 0. The normalized spacial score (nSPS) is 10.7. The van der Waals surface area contributed by atoms with Crippen molar-refractivity contribution >= 4 is 0 Å². The molecule has 0 aliphatic rings. The molecule has 0 heterocycles. The maximum atomic E-state index is 11.5. The Kier molecular flexibility index (Phi) is 6.90. The molecule has 0 unspecified atom stereocenters. The Labute approximate surface area is 71.6 Å². The lowest BCUT2D eigenvalue weighted by Crippen LogP contribution is -2.22. The van der Waals surface area contributed by atoms with Crippen LogP contribution in [-0.4, -0.2) is 32.7 Å². The molecule has 0 atom stereocenters. The first kappa shape index (κ1) is 11.5. The smallest absolute Gasteiger partial charge is 0.261 e. The fourth-order valence-electron chi connectivity index (χ4n) is 0.619. The van der Waals surface area contributed by atoms with E-state index in [1.54, 1.807) is 0 Å². The summed E-state index contributed by atoms with van der Waals surface area (Å²) in [6.07, 6.45) is -2.37. The topological polar surface area (TPSA) is 21.3 Å². The van der Waals surface area contributed by atoms with Gasteiger partial charge in [-0.15, -0.1) is 0 Å². The van der Waals surface area contributed by atoms with Crippen LogP contribution in [-0.2, 0) is 4.74 Å². The molecule has 0 aromatic heterocycles. The maximum absolute atomic E-state index is 11.5. The average molecular weight is 179 g/mol. The van der Waals surface area contributed by atoms with Crippen LogP contribution in [0.5, 0.6) is 0 Å². The molecule has 12 heavy (non-hydrogen) atoms. The molecule has 0 bridgehead atoms. The second kappa shape index (κ2) is 7.18. The van der Waals surface area contributed by atoms with Crippen LogP contribution in [0.3, 0.4) is 0 Å². The molecule has 0 saturated heterocycles. The van der Waals surface area contributed by atoms with Crippen molar-refractivity contribution < 1.29 is 13.5 Å². The van der Waals surface area contributed by atoms with Crippen molar-refractivity contribution in [2.75, 3.05) is 26.3 Å². The van der Waals surface area contributed by atoms with Gasteiger partial charge in [0.15, 0.2) is 0 Å². The quantitative estimate of drug-likeness (QED) is 0.471. The van der Waals surface area contributed by atoms with Gasteiger partial charge < -0.3 is 10.1 Å². The van der Waals surface area contributed by atoms with Crippen LogP contribution in [0.15, 0.2) is 12.2 Å². The van der Waals surface area contributed by atoms with Crippen molar-refractivity contribution in [2.24, 2.45) is 0 Å². The van der Waals surface area contributed by atoms with Gasteiger partial charge in [-0.2, -0.15) is 0 Å². The number of alkyl halides is 2. The molecular formula is C8H15F2NO. The zero-order valence-electron chi connectivity index (χ0n) is 7.28. The summed E-state index contributed by atoms with van der Waals surface area (Å²) in [6, 6.07) is 0. The van der Waals surface area contributed by atoms with Crippen LogP contribution in [0.1, 0.15) is 6.92 Å². The highest BCUT2D eigenvalue weighted by Gasteiger charge is 2.00. The standard InChI is InChI=1S/C8H15F2NO/c1-7(2)5-11-3-4-12-6-8(9)10/h8,11H,1,3-6H2,2H3. The third-order valence-electron chi connectivity index (χ3n) is 1.09. The van der Waals surface area contributed by atoms with Gasteiger partial charge in [0.25, 0.3) is 6.43 Å². The highest BCUT2D eigenvalue weighted by molar-refractivity contribution is 4.90. The minimum atomic E-state index is -2.37. The second-order valence-corrected chi connectivity index (χ2v) is 2.60. The largest absolute Gasteiger partial charge is 0.374 e. The SMILES string of the molecule is C=C(C)CNCCOCC(F)F. The van der Waals surface area contributed by atoms with Crippen molar-refractivity contribution in [3.63, 3.8) is 0 Å². The zero-order chi connectivity index (χ0) is 9.40. The Hall–Kier alpha value is -0.480.